The minimum Gasteiger partial charge on any atom is -0.494 e. The summed E-state index contributed by atoms with van der Waals surface area (Å²) in [4.78, 5) is 24.6. The van der Waals surface area contributed by atoms with Gasteiger partial charge in [-0.1, -0.05) is 12.1 Å². The van der Waals surface area contributed by atoms with Crippen molar-refractivity contribution in [1.29, 1.82) is 0 Å². The molecule has 0 amide bonds. The highest BCUT2D eigenvalue weighted by molar-refractivity contribution is 5.83. The highest BCUT2D eigenvalue weighted by Crippen LogP contribution is 2.31. The van der Waals surface area contributed by atoms with Crippen LogP contribution in [-0.2, 0) is 0 Å². The molecule has 0 radical (unpaired) electrons. The van der Waals surface area contributed by atoms with E-state index >= 15 is 0 Å². The lowest BCUT2D eigenvalue weighted by molar-refractivity contribution is -0.385. The standard InChI is InChI=1S/C14H11N3O5/c1-22-14-6-5-12(17(20)21)8-13(14)15-9-10-3-2-4-11(7-10)16(18)19/h2-9H,1H3. The molecular weight excluding hydrogens is 290 g/mol. The Kier molecular flexibility index (Phi) is 4.42. The van der Waals surface area contributed by atoms with Gasteiger partial charge >= 0.3 is 0 Å². The van der Waals surface area contributed by atoms with Crippen molar-refractivity contribution < 1.29 is 14.6 Å². The number of non-ortho nitro benzene ring substituents is 2. The van der Waals surface area contributed by atoms with Crippen LogP contribution in [-0.4, -0.2) is 23.2 Å². The third-order valence-electron chi connectivity index (χ3n) is 2.81. The van der Waals surface area contributed by atoms with Crippen molar-refractivity contribution in [3.05, 3.63) is 68.3 Å². The van der Waals surface area contributed by atoms with E-state index in [0.29, 0.717) is 11.3 Å². The van der Waals surface area contributed by atoms with Gasteiger partial charge in [-0.3, -0.25) is 25.2 Å². The SMILES string of the molecule is COc1ccc([N+](=O)[O-])cc1N=Cc1cccc([N+](=O)[O-])c1. The van der Waals surface area contributed by atoms with E-state index < -0.39 is 9.85 Å². The molecule has 0 fully saturated rings. The smallest absolute Gasteiger partial charge is 0.271 e. The fourth-order valence-electron chi connectivity index (χ4n) is 1.76. The second-order valence-corrected chi connectivity index (χ2v) is 4.22. The highest BCUT2D eigenvalue weighted by atomic mass is 16.6. The van der Waals surface area contributed by atoms with E-state index in [1.54, 1.807) is 6.07 Å². The second kappa shape index (κ2) is 6.44. The Morgan fingerprint density at radius 3 is 2.36 bits per heavy atom. The lowest BCUT2D eigenvalue weighted by Gasteiger charge is -2.03. The van der Waals surface area contributed by atoms with Gasteiger partial charge in [0.15, 0.2) is 0 Å². The molecule has 2 rings (SSSR count). The summed E-state index contributed by atoms with van der Waals surface area (Å²) in [6.07, 6.45) is 1.38. The minimum atomic E-state index is -0.536. The summed E-state index contributed by atoms with van der Waals surface area (Å²) in [5.74, 6) is 0.368. The number of nitrogens with zero attached hydrogens (tertiary/aromatic N) is 3. The van der Waals surface area contributed by atoms with Gasteiger partial charge < -0.3 is 4.74 Å². The third kappa shape index (κ3) is 3.42. The van der Waals surface area contributed by atoms with Gasteiger partial charge in [0.1, 0.15) is 11.4 Å². The number of rotatable bonds is 5. The summed E-state index contributed by atoms with van der Waals surface area (Å²) < 4.78 is 5.09. The summed E-state index contributed by atoms with van der Waals surface area (Å²) in [5, 5.41) is 21.5. The van der Waals surface area contributed by atoms with E-state index in [-0.39, 0.29) is 17.1 Å². The molecule has 8 nitrogen and oxygen atoms in total. The van der Waals surface area contributed by atoms with Crippen molar-refractivity contribution in [3.8, 4) is 5.75 Å². The van der Waals surface area contributed by atoms with Crippen LogP contribution >= 0.6 is 0 Å². The molecule has 0 N–H and O–H groups in total. The summed E-state index contributed by atoms with van der Waals surface area (Å²) in [6, 6.07) is 9.92. The minimum absolute atomic E-state index is 0.0602. The molecule has 2 aromatic carbocycles. The Morgan fingerprint density at radius 2 is 1.73 bits per heavy atom. The van der Waals surface area contributed by atoms with Crippen LogP contribution in [0.5, 0.6) is 5.75 Å². The van der Waals surface area contributed by atoms with Gasteiger partial charge in [-0.2, -0.15) is 0 Å². The summed E-state index contributed by atoms with van der Waals surface area (Å²) >= 11 is 0. The second-order valence-electron chi connectivity index (χ2n) is 4.22. The van der Waals surface area contributed by atoms with E-state index in [1.165, 1.54) is 49.7 Å². The van der Waals surface area contributed by atoms with Crippen LogP contribution in [0.15, 0.2) is 47.5 Å². The molecule has 0 heterocycles. The van der Waals surface area contributed by atoms with Crippen molar-refractivity contribution in [2.75, 3.05) is 7.11 Å². The Bertz CT molecular complexity index is 758. The quantitative estimate of drug-likeness (QED) is 0.478. The van der Waals surface area contributed by atoms with Crippen molar-refractivity contribution >= 4 is 23.3 Å². The average molecular weight is 301 g/mol. The Hall–Kier alpha value is -3.29. The van der Waals surface area contributed by atoms with Gasteiger partial charge in [0.25, 0.3) is 11.4 Å². The number of methoxy groups -OCH3 is 1. The first kappa shape index (κ1) is 15.1. The van der Waals surface area contributed by atoms with E-state index in [0.717, 1.165) is 0 Å². The first-order valence-corrected chi connectivity index (χ1v) is 6.12. The molecule has 22 heavy (non-hydrogen) atoms. The summed E-state index contributed by atoms with van der Waals surface area (Å²) in [6.45, 7) is 0. The average Bonchev–Trinajstić information content (AvgIpc) is 2.52. The van der Waals surface area contributed by atoms with E-state index in [1.807, 2.05) is 0 Å². The molecule has 0 spiro atoms. The van der Waals surface area contributed by atoms with Gasteiger partial charge in [0.05, 0.1) is 17.0 Å². The fourth-order valence-corrected chi connectivity index (χ4v) is 1.76. The zero-order valence-electron chi connectivity index (χ0n) is 11.5. The Morgan fingerprint density at radius 1 is 1.05 bits per heavy atom. The number of nitro groups is 2. The number of aliphatic imine (C=N–C) groups is 1. The zero-order valence-corrected chi connectivity index (χ0v) is 11.5. The lowest BCUT2D eigenvalue weighted by Crippen LogP contribution is -1.91. The third-order valence-corrected chi connectivity index (χ3v) is 2.81. The maximum absolute atomic E-state index is 10.8. The number of ether oxygens (including phenoxy) is 1. The molecule has 0 saturated carbocycles. The molecule has 0 atom stereocenters. The van der Waals surface area contributed by atoms with Crippen LogP contribution in [0.25, 0.3) is 0 Å². The van der Waals surface area contributed by atoms with Crippen molar-refractivity contribution in [2.45, 2.75) is 0 Å². The van der Waals surface area contributed by atoms with Gasteiger partial charge in [-0.05, 0) is 11.6 Å². The van der Waals surface area contributed by atoms with Crippen molar-refractivity contribution in [2.24, 2.45) is 4.99 Å². The molecule has 0 aromatic heterocycles. The highest BCUT2D eigenvalue weighted by Gasteiger charge is 2.10. The first-order chi connectivity index (χ1) is 10.5. The fraction of sp³-hybridized carbons (Fsp3) is 0.0714. The number of hydrogen-bond acceptors (Lipinski definition) is 6. The molecule has 0 bridgehead atoms. The molecule has 2 aromatic rings. The maximum atomic E-state index is 10.8. The molecule has 0 saturated heterocycles. The summed E-state index contributed by atoms with van der Waals surface area (Å²) in [5.41, 5.74) is 0.591. The topological polar surface area (TPSA) is 108 Å². The first-order valence-electron chi connectivity index (χ1n) is 6.12. The molecule has 112 valence electrons. The van der Waals surface area contributed by atoms with Crippen LogP contribution in [0, 0.1) is 20.2 Å². The van der Waals surface area contributed by atoms with Crippen molar-refractivity contribution in [3.63, 3.8) is 0 Å². The lowest BCUT2D eigenvalue weighted by atomic mass is 10.2. The summed E-state index contributed by atoms with van der Waals surface area (Å²) in [7, 11) is 1.42. The molecule has 0 aliphatic heterocycles. The molecule has 0 unspecified atom stereocenters. The van der Waals surface area contributed by atoms with Gasteiger partial charge in [0, 0.05) is 30.5 Å². The van der Waals surface area contributed by atoms with Crippen LogP contribution in [0.4, 0.5) is 17.1 Å². The zero-order chi connectivity index (χ0) is 16.1. The Labute approximate surface area is 125 Å². The predicted octanol–water partition coefficient (Wildman–Crippen LogP) is 3.26. The van der Waals surface area contributed by atoms with Gasteiger partial charge in [-0.25, -0.2) is 0 Å². The predicted molar refractivity (Wildman–Crippen MR) is 80.0 cm³/mol. The van der Waals surface area contributed by atoms with E-state index in [4.69, 9.17) is 4.74 Å². The number of hydrogen-bond donors (Lipinski definition) is 0. The van der Waals surface area contributed by atoms with Gasteiger partial charge in [-0.15, -0.1) is 0 Å². The number of benzene rings is 2. The molecule has 0 aliphatic carbocycles. The molecule has 0 aliphatic rings. The van der Waals surface area contributed by atoms with Gasteiger partial charge in [0.2, 0.25) is 0 Å². The van der Waals surface area contributed by atoms with E-state index in [9.17, 15) is 20.2 Å². The largest absolute Gasteiger partial charge is 0.494 e. The maximum Gasteiger partial charge on any atom is 0.271 e. The van der Waals surface area contributed by atoms with Crippen LogP contribution in [0.3, 0.4) is 0 Å². The van der Waals surface area contributed by atoms with Crippen LogP contribution in [0.2, 0.25) is 0 Å². The number of nitro benzene ring substituents is 2. The van der Waals surface area contributed by atoms with Crippen LogP contribution < -0.4 is 4.74 Å². The Balaban J connectivity index is 2.36. The van der Waals surface area contributed by atoms with Crippen LogP contribution in [0.1, 0.15) is 5.56 Å². The van der Waals surface area contributed by atoms with Crippen molar-refractivity contribution in [1.82, 2.24) is 0 Å². The normalized spacial score (nSPS) is 10.6. The monoisotopic (exact) mass is 301 g/mol. The molecular formula is C14H11N3O5. The van der Waals surface area contributed by atoms with E-state index in [2.05, 4.69) is 4.99 Å². The molecule has 8 heteroatoms.